The smallest absolute Gasteiger partial charge is 0.408 e. The van der Waals surface area contributed by atoms with Crippen molar-refractivity contribution in [2.45, 2.75) is 58.5 Å². The highest BCUT2D eigenvalue weighted by molar-refractivity contribution is 6.01. The standard InChI is InChI=1S/C19H27NO7/c1-7-19(25-6,16(22)23)26-14-10-8-13(9-11-14)15(21)12(2)20-17(24)27-18(3,4)5/h8-12H,7H2,1-6H3,(H,20,24)(H,22,23). The lowest BCUT2D eigenvalue weighted by Gasteiger charge is -2.27. The number of alkyl carbamates (subject to hydrolysis) is 1. The Morgan fingerprint density at radius 3 is 2.11 bits per heavy atom. The molecule has 0 bridgehead atoms. The van der Waals surface area contributed by atoms with Gasteiger partial charge in [-0.25, -0.2) is 9.59 Å². The molecule has 2 unspecified atom stereocenters. The van der Waals surface area contributed by atoms with E-state index in [1.165, 1.54) is 31.4 Å². The predicted molar refractivity (Wildman–Crippen MR) is 97.9 cm³/mol. The minimum Gasteiger partial charge on any atom is -0.476 e. The summed E-state index contributed by atoms with van der Waals surface area (Å²) in [6, 6.07) is 5.13. The molecule has 0 spiro atoms. The summed E-state index contributed by atoms with van der Waals surface area (Å²) in [5.41, 5.74) is -0.330. The molecule has 1 aromatic carbocycles. The van der Waals surface area contributed by atoms with Crippen molar-refractivity contribution in [3.63, 3.8) is 0 Å². The molecule has 150 valence electrons. The lowest BCUT2D eigenvalue weighted by molar-refractivity contribution is -0.204. The molecule has 0 radical (unpaired) electrons. The Labute approximate surface area is 158 Å². The Kier molecular flexibility index (Phi) is 7.36. The number of Topliss-reactive ketones (excluding diaryl/α,β-unsaturated/α-hetero) is 1. The van der Waals surface area contributed by atoms with Crippen LogP contribution in [0.2, 0.25) is 0 Å². The summed E-state index contributed by atoms with van der Waals surface area (Å²) in [4.78, 5) is 35.6. The first-order valence-corrected chi connectivity index (χ1v) is 8.55. The molecule has 0 heterocycles. The average Bonchev–Trinajstić information content (AvgIpc) is 2.57. The zero-order valence-electron chi connectivity index (χ0n) is 16.5. The van der Waals surface area contributed by atoms with Gasteiger partial charge in [-0.15, -0.1) is 0 Å². The fourth-order valence-electron chi connectivity index (χ4n) is 2.22. The van der Waals surface area contributed by atoms with Crippen LogP contribution >= 0.6 is 0 Å². The van der Waals surface area contributed by atoms with Crippen LogP contribution in [0.4, 0.5) is 4.79 Å². The maximum Gasteiger partial charge on any atom is 0.408 e. The van der Waals surface area contributed by atoms with Gasteiger partial charge in [0.15, 0.2) is 5.78 Å². The van der Waals surface area contributed by atoms with Crippen molar-refractivity contribution in [3.8, 4) is 5.75 Å². The van der Waals surface area contributed by atoms with Gasteiger partial charge < -0.3 is 24.6 Å². The monoisotopic (exact) mass is 381 g/mol. The van der Waals surface area contributed by atoms with Crippen LogP contribution in [0.25, 0.3) is 0 Å². The fourth-order valence-corrected chi connectivity index (χ4v) is 2.22. The third kappa shape index (κ3) is 6.25. The highest BCUT2D eigenvalue weighted by Gasteiger charge is 2.39. The lowest BCUT2D eigenvalue weighted by Crippen LogP contribution is -2.45. The van der Waals surface area contributed by atoms with Crippen LogP contribution in [0.1, 0.15) is 51.4 Å². The maximum atomic E-state index is 12.4. The molecule has 0 aliphatic carbocycles. The SMILES string of the molecule is CCC(OC)(Oc1ccc(C(=O)C(C)NC(=O)OC(C)(C)C)cc1)C(=O)O. The van der Waals surface area contributed by atoms with Crippen molar-refractivity contribution in [2.75, 3.05) is 7.11 Å². The van der Waals surface area contributed by atoms with Crippen LogP contribution < -0.4 is 10.1 Å². The van der Waals surface area contributed by atoms with Gasteiger partial charge in [0.1, 0.15) is 11.4 Å². The highest BCUT2D eigenvalue weighted by atomic mass is 16.7. The van der Waals surface area contributed by atoms with E-state index in [0.29, 0.717) is 5.56 Å². The second kappa shape index (κ2) is 8.85. The number of nitrogens with one attached hydrogen (secondary N) is 1. The molecule has 2 N–H and O–H groups in total. The normalized spacial score (nSPS) is 14.6. The van der Waals surface area contributed by atoms with Gasteiger partial charge in [0, 0.05) is 19.1 Å². The molecule has 8 heteroatoms. The van der Waals surface area contributed by atoms with Crippen molar-refractivity contribution in [1.29, 1.82) is 0 Å². The Morgan fingerprint density at radius 1 is 1.15 bits per heavy atom. The van der Waals surface area contributed by atoms with Crippen LogP contribution in [-0.4, -0.2) is 47.5 Å². The minimum atomic E-state index is -1.79. The Bertz CT molecular complexity index is 672. The summed E-state index contributed by atoms with van der Waals surface area (Å²) in [6.07, 6.45) is -0.589. The number of aliphatic carboxylic acids is 1. The van der Waals surface area contributed by atoms with Crippen LogP contribution in [0, 0.1) is 0 Å². The van der Waals surface area contributed by atoms with Crippen LogP contribution in [0.15, 0.2) is 24.3 Å². The molecule has 1 rings (SSSR count). The van der Waals surface area contributed by atoms with E-state index in [1.54, 1.807) is 34.6 Å². The first kappa shape index (κ1) is 22.4. The third-order valence-electron chi connectivity index (χ3n) is 3.67. The minimum absolute atomic E-state index is 0.0936. The highest BCUT2D eigenvalue weighted by Crippen LogP contribution is 2.23. The van der Waals surface area contributed by atoms with E-state index in [1.807, 2.05) is 0 Å². The summed E-state index contributed by atoms with van der Waals surface area (Å²) >= 11 is 0. The number of carbonyl (C=O) groups is 3. The van der Waals surface area contributed by atoms with Gasteiger partial charge in [-0.3, -0.25) is 4.79 Å². The number of methoxy groups -OCH3 is 1. The molecule has 8 nitrogen and oxygen atoms in total. The van der Waals surface area contributed by atoms with Crippen molar-refractivity contribution in [3.05, 3.63) is 29.8 Å². The van der Waals surface area contributed by atoms with E-state index in [0.717, 1.165) is 0 Å². The number of ether oxygens (including phenoxy) is 3. The number of amides is 1. The van der Waals surface area contributed by atoms with Crippen molar-refractivity contribution in [2.24, 2.45) is 0 Å². The molecule has 0 fully saturated rings. The number of carboxylic acid groups (broad SMARTS) is 1. The van der Waals surface area contributed by atoms with Crippen molar-refractivity contribution >= 4 is 17.8 Å². The average molecular weight is 381 g/mol. The molecule has 27 heavy (non-hydrogen) atoms. The van der Waals surface area contributed by atoms with Gasteiger partial charge in [-0.2, -0.15) is 0 Å². The van der Waals surface area contributed by atoms with Crippen molar-refractivity contribution in [1.82, 2.24) is 5.32 Å². The number of carbonyl (C=O) groups excluding carboxylic acids is 2. The number of ketones is 1. The molecule has 2 atom stereocenters. The molecular formula is C19H27NO7. The molecule has 0 aliphatic rings. The first-order valence-electron chi connectivity index (χ1n) is 8.55. The number of rotatable bonds is 8. The Morgan fingerprint density at radius 2 is 1.70 bits per heavy atom. The summed E-state index contributed by atoms with van der Waals surface area (Å²) in [7, 11) is 1.25. The largest absolute Gasteiger partial charge is 0.476 e. The van der Waals surface area contributed by atoms with Crippen LogP contribution in [-0.2, 0) is 14.3 Å². The summed E-state index contributed by atoms with van der Waals surface area (Å²) in [5.74, 6) is -3.12. The fraction of sp³-hybridized carbons (Fsp3) is 0.526. The zero-order chi connectivity index (χ0) is 20.8. The second-order valence-corrected chi connectivity index (χ2v) is 6.97. The number of hydrogen-bond acceptors (Lipinski definition) is 6. The van der Waals surface area contributed by atoms with Gasteiger partial charge in [-0.1, -0.05) is 6.92 Å². The van der Waals surface area contributed by atoms with Gasteiger partial charge in [-0.05, 0) is 52.0 Å². The van der Waals surface area contributed by atoms with E-state index in [9.17, 15) is 19.5 Å². The second-order valence-electron chi connectivity index (χ2n) is 6.97. The number of hydrogen-bond donors (Lipinski definition) is 2. The first-order chi connectivity index (χ1) is 12.4. The number of benzene rings is 1. The molecule has 0 saturated carbocycles. The lowest BCUT2D eigenvalue weighted by atomic mass is 10.1. The Hall–Kier alpha value is -2.61. The van der Waals surface area contributed by atoms with E-state index in [2.05, 4.69) is 5.32 Å². The number of carboxylic acids is 1. The van der Waals surface area contributed by atoms with E-state index >= 15 is 0 Å². The Balaban J connectivity index is 2.82. The zero-order valence-corrected chi connectivity index (χ0v) is 16.5. The van der Waals surface area contributed by atoms with E-state index in [4.69, 9.17) is 14.2 Å². The van der Waals surface area contributed by atoms with Crippen molar-refractivity contribution < 1.29 is 33.7 Å². The summed E-state index contributed by atoms with van der Waals surface area (Å²) in [5, 5.41) is 11.8. The van der Waals surface area contributed by atoms with E-state index in [-0.39, 0.29) is 18.0 Å². The van der Waals surface area contributed by atoms with Gasteiger partial charge >= 0.3 is 17.8 Å². The molecular weight excluding hydrogens is 354 g/mol. The van der Waals surface area contributed by atoms with Gasteiger partial charge in [0.05, 0.1) is 6.04 Å². The predicted octanol–water partition coefficient (Wildman–Crippen LogP) is 3.00. The summed E-state index contributed by atoms with van der Waals surface area (Å²) in [6.45, 7) is 8.36. The van der Waals surface area contributed by atoms with Crippen LogP contribution in [0.3, 0.4) is 0 Å². The molecule has 0 saturated heterocycles. The molecule has 0 aliphatic heterocycles. The van der Waals surface area contributed by atoms with E-state index < -0.39 is 29.5 Å². The third-order valence-corrected chi connectivity index (χ3v) is 3.67. The topological polar surface area (TPSA) is 111 Å². The summed E-state index contributed by atoms with van der Waals surface area (Å²) < 4.78 is 15.6. The molecule has 0 aromatic heterocycles. The quantitative estimate of drug-likeness (QED) is 0.526. The van der Waals surface area contributed by atoms with Crippen LogP contribution in [0.5, 0.6) is 5.75 Å². The molecule has 1 amide bonds. The van der Waals surface area contributed by atoms with Gasteiger partial charge in [0.2, 0.25) is 0 Å². The molecule has 1 aromatic rings. The van der Waals surface area contributed by atoms with Gasteiger partial charge in [0.25, 0.3) is 0 Å². The maximum absolute atomic E-state index is 12.4.